The van der Waals surface area contributed by atoms with E-state index in [1.54, 1.807) is 0 Å². The summed E-state index contributed by atoms with van der Waals surface area (Å²) in [6.07, 6.45) is 3.22. The van der Waals surface area contributed by atoms with E-state index < -0.39 is 0 Å². The second-order valence-corrected chi connectivity index (χ2v) is 3.64. The van der Waals surface area contributed by atoms with Gasteiger partial charge in [0.05, 0.1) is 0 Å². The number of halogens is 1. The van der Waals surface area contributed by atoms with Gasteiger partial charge in [0.2, 0.25) is 0 Å². The summed E-state index contributed by atoms with van der Waals surface area (Å²) in [4.78, 5) is 0. The van der Waals surface area contributed by atoms with Crippen molar-refractivity contribution in [3.8, 4) is 11.8 Å². The average Bonchev–Trinajstić information content (AvgIpc) is 1.97. The molecule has 0 bridgehead atoms. The van der Waals surface area contributed by atoms with E-state index >= 15 is 0 Å². The van der Waals surface area contributed by atoms with Crippen LogP contribution in [-0.4, -0.2) is 5.38 Å². The highest BCUT2D eigenvalue weighted by molar-refractivity contribution is 6.20. The van der Waals surface area contributed by atoms with E-state index in [-0.39, 0.29) is 0 Å². The molecule has 64 valence electrons. The fraction of sp³-hybridized carbons (Fsp3) is 0.800. The number of unbranched alkanes of at least 4 members (excludes halogenated alkanes) is 1. The molecule has 0 aliphatic rings. The Morgan fingerprint density at radius 2 is 2.00 bits per heavy atom. The molecule has 0 saturated carbocycles. The lowest BCUT2D eigenvalue weighted by atomic mass is 10.0. The molecule has 0 saturated heterocycles. The molecule has 1 atom stereocenters. The first-order chi connectivity index (χ1) is 5.18. The molecule has 0 nitrogen and oxygen atoms in total. The summed E-state index contributed by atoms with van der Waals surface area (Å²) < 4.78 is 0. The second kappa shape index (κ2) is 6.55. The molecule has 0 heterocycles. The third-order valence-corrected chi connectivity index (χ3v) is 2.40. The Labute approximate surface area is 75.3 Å². The second-order valence-electron chi connectivity index (χ2n) is 3.08. The third-order valence-electron chi connectivity index (χ3n) is 1.68. The first-order valence-electron chi connectivity index (χ1n) is 4.22. The van der Waals surface area contributed by atoms with Gasteiger partial charge in [-0.3, -0.25) is 0 Å². The van der Waals surface area contributed by atoms with Crippen LogP contribution in [-0.2, 0) is 0 Å². The van der Waals surface area contributed by atoms with Crippen LogP contribution in [0.4, 0.5) is 0 Å². The molecule has 0 spiro atoms. The molecular weight excluding hydrogens is 156 g/mol. The molecule has 0 aromatic rings. The van der Waals surface area contributed by atoms with Crippen molar-refractivity contribution >= 4 is 11.6 Å². The maximum Gasteiger partial charge on any atom is 0.0359 e. The highest BCUT2D eigenvalue weighted by Crippen LogP contribution is 2.15. The number of alkyl halides is 1. The zero-order valence-corrected chi connectivity index (χ0v) is 8.41. The lowest BCUT2D eigenvalue weighted by molar-refractivity contribution is 0.551. The lowest BCUT2D eigenvalue weighted by Gasteiger charge is -2.11. The highest BCUT2D eigenvalue weighted by Gasteiger charge is 2.07. The van der Waals surface area contributed by atoms with E-state index in [1.165, 1.54) is 0 Å². The zero-order valence-electron chi connectivity index (χ0n) is 7.65. The molecule has 0 fully saturated rings. The first-order valence-corrected chi connectivity index (χ1v) is 4.65. The van der Waals surface area contributed by atoms with E-state index in [2.05, 4.69) is 25.7 Å². The van der Waals surface area contributed by atoms with Gasteiger partial charge in [0.1, 0.15) is 0 Å². The summed E-state index contributed by atoms with van der Waals surface area (Å²) in [6.45, 7) is 6.19. The van der Waals surface area contributed by atoms with Gasteiger partial charge < -0.3 is 0 Å². The quantitative estimate of drug-likeness (QED) is 0.346. The standard InChI is InChI=1S/C10H17Cl/c1-4-5-6-7-8-10(11)9(2)3/h9-10H,6-8H2,1-3H3. The Bertz CT molecular complexity index is 139. The number of rotatable bonds is 4. The summed E-state index contributed by atoms with van der Waals surface area (Å²) in [5, 5.41) is 0.327. The molecule has 0 N–H and O–H groups in total. The van der Waals surface area contributed by atoms with Crippen molar-refractivity contribution < 1.29 is 0 Å². The molecule has 0 aromatic heterocycles. The molecule has 0 aromatic carbocycles. The van der Waals surface area contributed by atoms with Crippen LogP contribution in [0.2, 0.25) is 0 Å². The van der Waals surface area contributed by atoms with E-state index in [1.807, 2.05) is 6.92 Å². The Morgan fingerprint density at radius 1 is 1.36 bits per heavy atom. The van der Waals surface area contributed by atoms with Crippen LogP contribution in [0.15, 0.2) is 0 Å². The van der Waals surface area contributed by atoms with Crippen molar-refractivity contribution in [1.29, 1.82) is 0 Å². The smallest absolute Gasteiger partial charge is 0.0359 e. The topological polar surface area (TPSA) is 0 Å². The van der Waals surface area contributed by atoms with Crippen LogP contribution in [0.3, 0.4) is 0 Å². The first kappa shape index (κ1) is 10.8. The lowest BCUT2D eigenvalue weighted by Crippen LogP contribution is -2.06. The fourth-order valence-electron chi connectivity index (χ4n) is 0.844. The van der Waals surface area contributed by atoms with Gasteiger partial charge in [-0.25, -0.2) is 0 Å². The minimum Gasteiger partial charge on any atom is -0.123 e. The van der Waals surface area contributed by atoms with Gasteiger partial charge in [-0.2, -0.15) is 0 Å². The Kier molecular flexibility index (Phi) is 6.46. The summed E-state index contributed by atoms with van der Waals surface area (Å²) in [5.74, 6) is 6.50. The van der Waals surface area contributed by atoms with Gasteiger partial charge in [0.15, 0.2) is 0 Å². The van der Waals surface area contributed by atoms with Gasteiger partial charge in [-0.15, -0.1) is 23.4 Å². The summed E-state index contributed by atoms with van der Waals surface area (Å²) in [6, 6.07) is 0. The van der Waals surface area contributed by atoms with Crippen LogP contribution in [0.25, 0.3) is 0 Å². The van der Waals surface area contributed by atoms with Crippen LogP contribution >= 0.6 is 11.6 Å². The van der Waals surface area contributed by atoms with E-state index in [0.717, 1.165) is 19.3 Å². The predicted molar refractivity (Wildman–Crippen MR) is 51.8 cm³/mol. The van der Waals surface area contributed by atoms with Gasteiger partial charge in [0, 0.05) is 11.8 Å². The monoisotopic (exact) mass is 172 g/mol. The molecule has 0 rings (SSSR count). The zero-order chi connectivity index (χ0) is 8.69. The van der Waals surface area contributed by atoms with Crippen molar-refractivity contribution in [1.82, 2.24) is 0 Å². The molecule has 0 amide bonds. The van der Waals surface area contributed by atoms with Gasteiger partial charge >= 0.3 is 0 Å². The molecule has 1 unspecified atom stereocenters. The van der Waals surface area contributed by atoms with Crippen molar-refractivity contribution in [2.24, 2.45) is 5.92 Å². The Morgan fingerprint density at radius 3 is 2.45 bits per heavy atom. The van der Waals surface area contributed by atoms with E-state index in [0.29, 0.717) is 11.3 Å². The maximum absolute atomic E-state index is 6.05. The fourth-order valence-corrected chi connectivity index (χ4v) is 0.998. The average molecular weight is 173 g/mol. The van der Waals surface area contributed by atoms with Crippen molar-refractivity contribution in [3.05, 3.63) is 0 Å². The molecule has 1 heteroatoms. The Balaban J connectivity index is 3.29. The van der Waals surface area contributed by atoms with Crippen molar-refractivity contribution in [2.45, 2.75) is 45.4 Å². The molecule has 0 radical (unpaired) electrons. The number of hydrogen-bond acceptors (Lipinski definition) is 0. The minimum absolute atomic E-state index is 0.327. The van der Waals surface area contributed by atoms with Gasteiger partial charge in [0.25, 0.3) is 0 Å². The van der Waals surface area contributed by atoms with Crippen LogP contribution in [0, 0.1) is 17.8 Å². The predicted octanol–water partition coefficient (Wildman–Crippen LogP) is 3.44. The SMILES string of the molecule is CC#CCCCC(Cl)C(C)C. The normalized spacial score (nSPS) is 12.5. The largest absolute Gasteiger partial charge is 0.123 e. The van der Waals surface area contributed by atoms with Gasteiger partial charge in [-0.1, -0.05) is 13.8 Å². The van der Waals surface area contributed by atoms with Crippen LogP contribution < -0.4 is 0 Å². The molecule has 0 aliphatic heterocycles. The van der Waals surface area contributed by atoms with Crippen molar-refractivity contribution in [2.75, 3.05) is 0 Å². The summed E-state index contributed by atoms with van der Waals surface area (Å²) >= 11 is 6.05. The van der Waals surface area contributed by atoms with Gasteiger partial charge in [-0.05, 0) is 25.7 Å². The number of hydrogen-bond donors (Lipinski definition) is 0. The summed E-state index contributed by atoms with van der Waals surface area (Å²) in [5.41, 5.74) is 0. The summed E-state index contributed by atoms with van der Waals surface area (Å²) in [7, 11) is 0. The van der Waals surface area contributed by atoms with E-state index in [9.17, 15) is 0 Å². The Hall–Kier alpha value is -0.150. The van der Waals surface area contributed by atoms with Crippen molar-refractivity contribution in [3.63, 3.8) is 0 Å². The van der Waals surface area contributed by atoms with Crippen LogP contribution in [0.1, 0.15) is 40.0 Å². The molecular formula is C10H17Cl. The molecule has 0 aliphatic carbocycles. The minimum atomic E-state index is 0.327. The third kappa shape index (κ3) is 6.26. The highest BCUT2D eigenvalue weighted by atomic mass is 35.5. The van der Waals surface area contributed by atoms with E-state index in [4.69, 9.17) is 11.6 Å². The van der Waals surface area contributed by atoms with Crippen LogP contribution in [0.5, 0.6) is 0 Å². The molecule has 11 heavy (non-hydrogen) atoms. The maximum atomic E-state index is 6.05.